The van der Waals surface area contributed by atoms with Crippen LogP contribution in [0.15, 0.2) is 36.7 Å². The van der Waals surface area contributed by atoms with Crippen LogP contribution in [0.1, 0.15) is 31.9 Å². The molecule has 0 radical (unpaired) electrons. The fraction of sp³-hybridized carbons (Fsp3) is 0.353. The fourth-order valence-corrected chi connectivity index (χ4v) is 3.03. The number of likely N-dealkylation sites (tertiary alicyclic amines) is 1. The molecule has 0 aromatic carbocycles. The lowest BCUT2D eigenvalue weighted by atomic mass is 9.93. The smallest absolute Gasteiger partial charge is 0.231 e. The van der Waals surface area contributed by atoms with Crippen LogP contribution >= 0.6 is 11.6 Å². The zero-order chi connectivity index (χ0) is 15.9. The van der Waals surface area contributed by atoms with Gasteiger partial charge in [-0.3, -0.25) is 9.78 Å². The highest BCUT2D eigenvalue weighted by molar-refractivity contribution is 6.29. The van der Waals surface area contributed by atoms with Gasteiger partial charge in [0.1, 0.15) is 5.15 Å². The Morgan fingerprint density at radius 1 is 1.23 bits per heavy atom. The van der Waals surface area contributed by atoms with Crippen molar-refractivity contribution in [1.29, 1.82) is 0 Å². The Bertz CT molecular complexity index is 712. The molecule has 3 heterocycles. The van der Waals surface area contributed by atoms with E-state index in [1.165, 1.54) is 0 Å². The molecule has 0 unspecified atom stereocenters. The number of amides is 1. The lowest BCUT2D eigenvalue weighted by Gasteiger charge is -2.26. The molecule has 0 spiro atoms. The number of pyridine rings is 2. The molecule has 4 nitrogen and oxygen atoms in total. The van der Waals surface area contributed by atoms with Crippen LogP contribution in [-0.2, 0) is 4.79 Å². The summed E-state index contributed by atoms with van der Waals surface area (Å²) in [6.45, 7) is 4.16. The van der Waals surface area contributed by atoms with Crippen molar-refractivity contribution < 1.29 is 4.79 Å². The van der Waals surface area contributed by atoms with Gasteiger partial charge in [0.2, 0.25) is 5.91 Å². The molecule has 0 aliphatic carbocycles. The van der Waals surface area contributed by atoms with E-state index < -0.39 is 0 Å². The van der Waals surface area contributed by atoms with E-state index in [1.54, 1.807) is 18.5 Å². The molecule has 1 fully saturated rings. The SMILES string of the molecule is CN1C(=O)[C@@H](c2ccc(-c3ccnc(Cl)c3)cn2)CC1(C)C. The molecule has 1 aliphatic heterocycles. The average molecular weight is 316 g/mol. The lowest BCUT2D eigenvalue weighted by molar-refractivity contribution is -0.130. The lowest BCUT2D eigenvalue weighted by Crippen LogP contribution is -2.37. The molecule has 0 saturated carbocycles. The zero-order valence-corrected chi connectivity index (χ0v) is 13.6. The van der Waals surface area contributed by atoms with Gasteiger partial charge in [0.25, 0.3) is 0 Å². The van der Waals surface area contributed by atoms with Crippen molar-refractivity contribution in [2.45, 2.75) is 31.7 Å². The maximum atomic E-state index is 12.4. The van der Waals surface area contributed by atoms with Gasteiger partial charge in [-0.2, -0.15) is 0 Å². The number of hydrogen-bond donors (Lipinski definition) is 0. The predicted molar refractivity (Wildman–Crippen MR) is 86.7 cm³/mol. The number of carbonyl (C=O) groups is 1. The van der Waals surface area contributed by atoms with Crippen LogP contribution in [0.25, 0.3) is 11.1 Å². The number of hydrogen-bond acceptors (Lipinski definition) is 3. The van der Waals surface area contributed by atoms with Crippen molar-refractivity contribution in [1.82, 2.24) is 14.9 Å². The number of halogens is 1. The van der Waals surface area contributed by atoms with E-state index in [0.717, 1.165) is 23.2 Å². The molecule has 114 valence electrons. The van der Waals surface area contributed by atoms with Gasteiger partial charge in [0.15, 0.2) is 0 Å². The van der Waals surface area contributed by atoms with Crippen LogP contribution in [0, 0.1) is 0 Å². The van der Waals surface area contributed by atoms with E-state index in [1.807, 2.05) is 30.1 Å². The maximum Gasteiger partial charge on any atom is 0.231 e. The summed E-state index contributed by atoms with van der Waals surface area (Å²) >= 11 is 5.91. The third kappa shape index (κ3) is 2.59. The number of aromatic nitrogens is 2. The molecule has 0 N–H and O–H groups in total. The van der Waals surface area contributed by atoms with Crippen molar-refractivity contribution in [2.75, 3.05) is 7.05 Å². The van der Waals surface area contributed by atoms with E-state index in [2.05, 4.69) is 23.8 Å². The highest BCUT2D eigenvalue weighted by Crippen LogP contribution is 2.38. The minimum absolute atomic E-state index is 0.124. The summed E-state index contributed by atoms with van der Waals surface area (Å²) in [5, 5.41) is 0.455. The molecule has 22 heavy (non-hydrogen) atoms. The molecule has 1 atom stereocenters. The summed E-state index contributed by atoms with van der Waals surface area (Å²) in [6, 6.07) is 7.60. The highest BCUT2D eigenvalue weighted by Gasteiger charge is 2.43. The normalized spacial score (nSPS) is 20.5. The fourth-order valence-electron chi connectivity index (χ4n) is 2.85. The van der Waals surface area contributed by atoms with Gasteiger partial charge in [-0.15, -0.1) is 0 Å². The molecule has 1 saturated heterocycles. The van der Waals surface area contributed by atoms with Crippen LogP contribution in [-0.4, -0.2) is 33.4 Å². The topological polar surface area (TPSA) is 46.1 Å². The second-order valence-electron chi connectivity index (χ2n) is 6.31. The molecule has 3 rings (SSSR count). The second-order valence-corrected chi connectivity index (χ2v) is 6.69. The van der Waals surface area contributed by atoms with E-state index in [0.29, 0.717) is 5.15 Å². The Morgan fingerprint density at radius 2 is 2.00 bits per heavy atom. The number of likely N-dealkylation sites (N-methyl/N-ethyl adjacent to an activating group) is 1. The summed E-state index contributed by atoms with van der Waals surface area (Å²) in [5.74, 6) is -0.0210. The average Bonchev–Trinajstić information content (AvgIpc) is 2.71. The Balaban J connectivity index is 1.88. The van der Waals surface area contributed by atoms with Gasteiger partial charge in [-0.25, -0.2) is 4.98 Å². The summed E-state index contributed by atoms with van der Waals surface area (Å²) in [6.07, 6.45) is 4.25. The van der Waals surface area contributed by atoms with Gasteiger partial charge in [0.05, 0.1) is 11.6 Å². The Hall–Kier alpha value is -1.94. The molecule has 0 bridgehead atoms. The van der Waals surface area contributed by atoms with E-state index in [9.17, 15) is 4.79 Å². The van der Waals surface area contributed by atoms with Crippen molar-refractivity contribution >= 4 is 17.5 Å². The molecular weight excluding hydrogens is 298 g/mol. The Morgan fingerprint density at radius 3 is 2.55 bits per heavy atom. The van der Waals surface area contributed by atoms with Crippen molar-refractivity contribution in [3.8, 4) is 11.1 Å². The van der Waals surface area contributed by atoms with E-state index in [-0.39, 0.29) is 17.4 Å². The molecule has 2 aromatic rings. The van der Waals surface area contributed by atoms with Crippen LogP contribution in [0.2, 0.25) is 5.15 Å². The third-order valence-electron chi connectivity index (χ3n) is 4.44. The van der Waals surface area contributed by atoms with E-state index >= 15 is 0 Å². The van der Waals surface area contributed by atoms with Crippen LogP contribution in [0.3, 0.4) is 0 Å². The minimum Gasteiger partial charge on any atom is -0.340 e. The molecule has 2 aromatic heterocycles. The molecular formula is C17H18ClN3O. The number of nitrogens with zero attached hydrogens (tertiary/aromatic N) is 3. The summed E-state index contributed by atoms with van der Waals surface area (Å²) in [5.41, 5.74) is 2.63. The standard InChI is InChI=1S/C17H18ClN3O/c1-17(2)9-13(16(22)21(17)3)14-5-4-12(10-20-14)11-6-7-19-15(18)8-11/h4-8,10,13H,9H2,1-3H3/t13-/m1/s1. The first-order valence-corrected chi connectivity index (χ1v) is 7.62. The largest absolute Gasteiger partial charge is 0.340 e. The first-order chi connectivity index (χ1) is 10.4. The predicted octanol–water partition coefficient (Wildman–Crippen LogP) is 3.52. The van der Waals surface area contributed by atoms with Crippen molar-refractivity contribution in [3.63, 3.8) is 0 Å². The minimum atomic E-state index is -0.157. The molecule has 1 aliphatic rings. The summed E-state index contributed by atoms with van der Waals surface area (Å²) < 4.78 is 0. The van der Waals surface area contributed by atoms with Crippen LogP contribution in [0.4, 0.5) is 0 Å². The molecule has 5 heteroatoms. The Labute approximate surface area is 135 Å². The number of carbonyl (C=O) groups excluding carboxylic acids is 1. The third-order valence-corrected chi connectivity index (χ3v) is 4.65. The van der Waals surface area contributed by atoms with Crippen molar-refractivity contribution in [3.05, 3.63) is 47.5 Å². The Kier molecular flexibility index (Phi) is 3.65. The number of rotatable bonds is 2. The maximum absolute atomic E-state index is 12.4. The molecule has 1 amide bonds. The van der Waals surface area contributed by atoms with Gasteiger partial charge in [-0.05, 0) is 44.0 Å². The first-order valence-electron chi connectivity index (χ1n) is 7.24. The first kappa shape index (κ1) is 15.0. The van der Waals surface area contributed by atoms with Gasteiger partial charge in [0, 0.05) is 30.5 Å². The van der Waals surface area contributed by atoms with Crippen LogP contribution in [0.5, 0.6) is 0 Å². The summed E-state index contributed by atoms with van der Waals surface area (Å²) in [4.78, 5) is 22.7. The second kappa shape index (κ2) is 5.36. The monoisotopic (exact) mass is 315 g/mol. The van der Waals surface area contributed by atoms with Crippen molar-refractivity contribution in [2.24, 2.45) is 0 Å². The van der Waals surface area contributed by atoms with Gasteiger partial charge >= 0.3 is 0 Å². The highest BCUT2D eigenvalue weighted by atomic mass is 35.5. The van der Waals surface area contributed by atoms with Gasteiger partial charge in [-0.1, -0.05) is 17.7 Å². The van der Waals surface area contributed by atoms with Crippen LogP contribution < -0.4 is 0 Å². The zero-order valence-electron chi connectivity index (χ0n) is 12.9. The van der Waals surface area contributed by atoms with E-state index in [4.69, 9.17) is 11.6 Å². The quantitative estimate of drug-likeness (QED) is 0.797. The van der Waals surface area contributed by atoms with Gasteiger partial charge < -0.3 is 4.90 Å². The summed E-state index contributed by atoms with van der Waals surface area (Å²) in [7, 11) is 1.86.